The van der Waals surface area contributed by atoms with Gasteiger partial charge in [0.2, 0.25) is 11.8 Å². The lowest BCUT2D eigenvalue weighted by molar-refractivity contribution is -0.130. The molecule has 188 valence electrons. The van der Waals surface area contributed by atoms with Gasteiger partial charge in [-0.3, -0.25) is 9.59 Å². The van der Waals surface area contributed by atoms with E-state index in [0.29, 0.717) is 32.9 Å². The van der Waals surface area contributed by atoms with Crippen molar-refractivity contribution in [2.24, 2.45) is 0 Å². The molecule has 2 aliphatic rings. The van der Waals surface area contributed by atoms with E-state index in [1.54, 1.807) is 36.4 Å². The standard InChI is InChI=1S/C26H29Cl4N3O2/c1-2-33-11-3-4-19(15-33)31-24(34)23(12-16-5-6-17(27)13-21(16)29)32-25(35)26(9-10-26)20-8-7-18(28)14-22(20)30/h5-8,13-14,19,23H,2-4,9-12,15H2,1H3,(H,31,34)(H,32,35)/t19?,23-/m0/s1. The average molecular weight is 557 g/mol. The van der Waals surface area contributed by atoms with Crippen LogP contribution >= 0.6 is 46.4 Å². The highest BCUT2D eigenvalue weighted by Crippen LogP contribution is 2.51. The van der Waals surface area contributed by atoms with Crippen molar-refractivity contribution < 1.29 is 9.59 Å². The third-order valence-corrected chi connectivity index (χ3v) is 8.13. The van der Waals surface area contributed by atoms with Gasteiger partial charge in [-0.2, -0.15) is 0 Å². The lowest BCUT2D eigenvalue weighted by Crippen LogP contribution is -2.55. The predicted molar refractivity (Wildman–Crippen MR) is 143 cm³/mol. The highest BCUT2D eigenvalue weighted by molar-refractivity contribution is 6.35. The van der Waals surface area contributed by atoms with Crippen LogP contribution in [0.15, 0.2) is 36.4 Å². The van der Waals surface area contributed by atoms with Gasteiger partial charge >= 0.3 is 0 Å². The Labute approximate surface area is 226 Å². The summed E-state index contributed by atoms with van der Waals surface area (Å²) in [4.78, 5) is 29.3. The second kappa shape index (κ2) is 11.3. The number of amides is 2. The van der Waals surface area contributed by atoms with Gasteiger partial charge in [-0.1, -0.05) is 65.5 Å². The fourth-order valence-corrected chi connectivity index (χ4v) is 5.87. The van der Waals surface area contributed by atoms with Crippen LogP contribution < -0.4 is 10.6 Å². The number of nitrogens with zero attached hydrogens (tertiary/aromatic N) is 1. The lowest BCUT2D eigenvalue weighted by atomic mass is 9.93. The molecule has 0 aromatic heterocycles. The van der Waals surface area contributed by atoms with Crippen LogP contribution in [-0.2, 0) is 21.4 Å². The smallest absolute Gasteiger partial charge is 0.243 e. The number of hydrogen-bond acceptors (Lipinski definition) is 3. The van der Waals surface area contributed by atoms with Crippen LogP contribution in [0.4, 0.5) is 0 Å². The molecule has 1 heterocycles. The summed E-state index contributed by atoms with van der Waals surface area (Å²) in [6.07, 6.45) is 3.50. The molecular formula is C26H29Cl4N3O2. The van der Waals surface area contributed by atoms with Crippen molar-refractivity contribution >= 4 is 58.2 Å². The van der Waals surface area contributed by atoms with Crippen LogP contribution in [0.25, 0.3) is 0 Å². The fourth-order valence-electron chi connectivity index (χ4n) is 4.80. The van der Waals surface area contributed by atoms with Crippen molar-refractivity contribution in [3.05, 3.63) is 67.6 Å². The van der Waals surface area contributed by atoms with Crippen molar-refractivity contribution in [3.63, 3.8) is 0 Å². The molecule has 1 unspecified atom stereocenters. The Morgan fingerprint density at radius 3 is 2.37 bits per heavy atom. The molecule has 1 aliphatic carbocycles. The van der Waals surface area contributed by atoms with E-state index in [-0.39, 0.29) is 24.3 Å². The number of benzene rings is 2. The molecular weight excluding hydrogens is 528 g/mol. The minimum absolute atomic E-state index is 0.0388. The maximum absolute atomic E-state index is 13.6. The molecule has 35 heavy (non-hydrogen) atoms. The largest absolute Gasteiger partial charge is 0.350 e. The van der Waals surface area contributed by atoms with E-state index < -0.39 is 11.5 Å². The Balaban J connectivity index is 1.55. The van der Waals surface area contributed by atoms with Gasteiger partial charge in [-0.25, -0.2) is 0 Å². The molecule has 4 rings (SSSR count). The summed E-state index contributed by atoms with van der Waals surface area (Å²) in [6.45, 7) is 4.90. The zero-order valence-electron chi connectivity index (χ0n) is 19.6. The number of likely N-dealkylation sites (tertiary alicyclic amines) is 1. The van der Waals surface area contributed by atoms with Gasteiger partial charge in [0.1, 0.15) is 6.04 Å². The highest BCUT2D eigenvalue weighted by Gasteiger charge is 2.53. The van der Waals surface area contributed by atoms with Gasteiger partial charge in [0.15, 0.2) is 0 Å². The van der Waals surface area contributed by atoms with E-state index in [2.05, 4.69) is 22.5 Å². The zero-order valence-corrected chi connectivity index (χ0v) is 22.6. The molecule has 1 saturated heterocycles. The van der Waals surface area contributed by atoms with Crippen molar-refractivity contribution in [2.45, 2.75) is 56.5 Å². The summed E-state index contributed by atoms with van der Waals surface area (Å²) >= 11 is 25.0. The van der Waals surface area contributed by atoms with E-state index in [9.17, 15) is 9.59 Å². The SMILES string of the molecule is CCN1CCCC(NC(=O)[C@H](Cc2ccc(Cl)cc2Cl)NC(=O)C2(c3ccc(Cl)cc3Cl)CC2)C1. The van der Waals surface area contributed by atoms with Crippen LogP contribution in [0.1, 0.15) is 43.7 Å². The minimum atomic E-state index is -0.790. The van der Waals surface area contributed by atoms with Crippen LogP contribution in [0.2, 0.25) is 20.1 Å². The summed E-state index contributed by atoms with van der Waals surface area (Å²) < 4.78 is 0. The third-order valence-electron chi connectivity index (χ3n) is 6.99. The Morgan fingerprint density at radius 2 is 1.74 bits per heavy atom. The van der Waals surface area contributed by atoms with E-state index in [4.69, 9.17) is 46.4 Å². The molecule has 0 bridgehead atoms. The van der Waals surface area contributed by atoms with Crippen LogP contribution in [0.3, 0.4) is 0 Å². The van der Waals surface area contributed by atoms with Gasteiger partial charge in [-0.05, 0) is 74.2 Å². The molecule has 5 nitrogen and oxygen atoms in total. The monoisotopic (exact) mass is 555 g/mol. The molecule has 2 amide bonds. The lowest BCUT2D eigenvalue weighted by Gasteiger charge is -2.33. The van der Waals surface area contributed by atoms with Gasteiger partial charge in [0, 0.05) is 39.1 Å². The van der Waals surface area contributed by atoms with E-state index in [0.717, 1.165) is 43.6 Å². The molecule has 1 aliphatic heterocycles. The zero-order chi connectivity index (χ0) is 25.2. The van der Waals surface area contributed by atoms with E-state index in [1.165, 1.54) is 0 Å². The first-order valence-corrected chi connectivity index (χ1v) is 13.5. The second-order valence-corrected chi connectivity index (χ2v) is 11.1. The van der Waals surface area contributed by atoms with Crippen molar-refractivity contribution in [1.82, 2.24) is 15.5 Å². The first-order chi connectivity index (χ1) is 16.7. The number of hydrogen-bond donors (Lipinski definition) is 2. The number of piperidine rings is 1. The minimum Gasteiger partial charge on any atom is -0.350 e. The van der Waals surface area contributed by atoms with Crippen LogP contribution in [0.5, 0.6) is 0 Å². The molecule has 1 saturated carbocycles. The van der Waals surface area contributed by atoms with Crippen molar-refractivity contribution in [3.8, 4) is 0 Å². The van der Waals surface area contributed by atoms with Crippen LogP contribution in [-0.4, -0.2) is 48.4 Å². The summed E-state index contributed by atoms with van der Waals surface area (Å²) in [7, 11) is 0. The molecule has 0 radical (unpaired) electrons. The average Bonchev–Trinajstić information content (AvgIpc) is 3.62. The molecule has 9 heteroatoms. The first-order valence-electron chi connectivity index (χ1n) is 11.9. The van der Waals surface area contributed by atoms with Gasteiger partial charge in [0.05, 0.1) is 5.41 Å². The van der Waals surface area contributed by atoms with Crippen LogP contribution in [0, 0.1) is 0 Å². The Bertz CT molecular complexity index is 1110. The second-order valence-electron chi connectivity index (χ2n) is 9.41. The van der Waals surface area contributed by atoms with Crippen molar-refractivity contribution in [2.75, 3.05) is 19.6 Å². The quantitative estimate of drug-likeness (QED) is 0.441. The first kappa shape index (κ1) is 26.6. The fraction of sp³-hybridized carbons (Fsp3) is 0.462. The number of carbonyl (C=O) groups is 2. The molecule has 2 N–H and O–H groups in total. The summed E-state index contributed by atoms with van der Waals surface area (Å²) in [5.74, 6) is -0.434. The number of rotatable bonds is 8. The predicted octanol–water partition coefficient (Wildman–Crippen LogP) is 5.66. The van der Waals surface area contributed by atoms with Gasteiger partial charge in [-0.15, -0.1) is 0 Å². The molecule has 2 aromatic carbocycles. The number of halogens is 4. The van der Waals surface area contributed by atoms with Crippen molar-refractivity contribution in [1.29, 1.82) is 0 Å². The van der Waals surface area contributed by atoms with Gasteiger partial charge in [0.25, 0.3) is 0 Å². The highest BCUT2D eigenvalue weighted by atomic mass is 35.5. The maximum Gasteiger partial charge on any atom is 0.243 e. The van der Waals surface area contributed by atoms with Gasteiger partial charge < -0.3 is 15.5 Å². The number of nitrogens with one attached hydrogen (secondary N) is 2. The third kappa shape index (κ3) is 6.26. The topological polar surface area (TPSA) is 61.4 Å². The maximum atomic E-state index is 13.6. The Hall–Kier alpha value is -1.50. The number of carbonyl (C=O) groups excluding carboxylic acids is 2. The summed E-state index contributed by atoms with van der Waals surface area (Å²) in [5.41, 5.74) is 0.716. The molecule has 2 aromatic rings. The summed E-state index contributed by atoms with van der Waals surface area (Å²) in [5, 5.41) is 8.12. The number of likely N-dealkylation sites (N-methyl/N-ethyl adjacent to an activating group) is 1. The van der Waals surface area contributed by atoms with E-state index >= 15 is 0 Å². The Morgan fingerprint density at radius 1 is 1.06 bits per heavy atom. The Kier molecular flexibility index (Phi) is 8.55. The molecule has 2 atom stereocenters. The molecule has 0 spiro atoms. The summed E-state index contributed by atoms with van der Waals surface area (Å²) in [6, 6.07) is 9.59. The van der Waals surface area contributed by atoms with E-state index in [1.807, 2.05) is 0 Å². The molecule has 2 fully saturated rings. The normalized spacial score (nSPS) is 20.2.